The highest BCUT2D eigenvalue weighted by atomic mass is 32.2. The smallest absolute Gasteiger partial charge is 0.408 e. The van der Waals surface area contributed by atoms with Crippen LogP contribution in [0.1, 0.15) is 16.4 Å². The van der Waals surface area contributed by atoms with Gasteiger partial charge in [0.1, 0.15) is 18.5 Å². The highest BCUT2D eigenvalue weighted by Crippen LogP contribution is 2.41. The van der Waals surface area contributed by atoms with Crippen LogP contribution in [0.4, 0.5) is 14.9 Å². The molecule has 3 rings (SSSR count). The van der Waals surface area contributed by atoms with Gasteiger partial charge in [-0.1, -0.05) is 60.7 Å². The number of para-hydroxylation sites is 1. The summed E-state index contributed by atoms with van der Waals surface area (Å²) in [5.74, 6) is -1.26. The van der Waals surface area contributed by atoms with Crippen LogP contribution < -0.4 is 11.1 Å². The second-order valence-electron chi connectivity index (χ2n) is 6.80. The number of nitrogen functional groups attached to an aromatic ring is 1. The first-order valence-corrected chi connectivity index (χ1v) is 10.7. The number of benzene rings is 3. The van der Waals surface area contributed by atoms with Gasteiger partial charge in [-0.05, 0) is 23.8 Å². The number of anilines is 1. The Morgan fingerprint density at radius 3 is 2.34 bits per heavy atom. The van der Waals surface area contributed by atoms with Gasteiger partial charge in [-0.3, -0.25) is 0 Å². The van der Waals surface area contributed by atoms with E-state index >= 15 is 0 Å². The summed E-state index contributed by atoms with van der Waals surface area (Å²) in [6.07, 6.45) is -0.827. The van der Waals surface area contributed by atoms with Gasteiger partial charge in [-0.2, -0.15) is 0 Å². The van der Waals surface area contributed by atoms with E-state index in [-0.39, 0.29) is 12.2 Å². The molecule has 8 heteroatoms. The maximum atomic E-state index is 14.7. The Balaban J connectivity index is 1.88. The van der Waals surface area contributed by atoms with Crippen LogP contribution in [0.3, 0.4) is 0 Å². The molecule has 0 radical (unpaired) electrons. The first-order valence-electron chi connectivity index (χ1n) is 9.80. The number of alkyl carbamates (subject to hydrolysis) is 1. The summed E-state index contributed by atoms with van der Waals surface area (Å²) >= 11 is 1.15. The number of thioether (sulfide) groups is 1. The summed E-state index contributed by atoms with van der Waals surface area (Å²) in [5, 5.41) is 1.68. The number of hydrogen-bond acceptors (Lipinski definition) is 6. The van der Waals surface area contributed by atoms with Gasteiger partial charge < -0.3 is 20.5 Å². The molecule has 1 amide bonds. The third kappa shape index (κ3) is 6.01. The van der Waals surface area contributed by atoms with Crippen LogP contribution in [0.25, 0.3) is 0 Å². The van der Waals surface area contributed by atoms with Crippen LogP contribution >= 0.6 is 11.8 Å². The van der Waals surface area contributed by atoms with Crippen LogP contribution in [0.15, 0.2) is 83.8 Å². The molecule has 0 heterocycles. The van der Waals surface area contributed by atoms with Crippen LogP contribution in [0, 0.1) is 5.82 Å². The Bertz CT molecular complexity index is 1060. The quantitative estimate of drug-likeness (QED) is 0.291. The maximum absolute atomic E-state index is 14.7. The molecule has 0 aliphatic heterocycles. The van der Waals surface area contributed by atoms with Gasteiger partial charge in [0.15, 0.2) is 0 Å². The normalized spacial score (nSPS) is 12.4. The molecule has 166 valence electrons. The van der Waals surface area contributed by atoms with E-state index in [1.807, 2.05) is 18.2 Å². The average Bonchev–Trinajstić information content (AvgIpc) is 2.82. The van der Waals surface area contributed by atoms with E-state index in [0.29, 0.717) is 10.6 Å². The van der Waals surface area contributed by atoms with Crippen LogP contribution in [-0.2, 0) is 20.9 Å². The van der Waals surface area contributed by atoms with Crippen LogP contribution in [0.2, 0.25) is 0 Å². The van der Waals surface area contributed by atoms with Crippen molar-refractivity contribution in [1.82, 2.24) is 5.32 Å². The molecular formula is C24H23FN2O4S. The SMILES string of the molecule is COC(=O)[C@@H](NC(=O)OCc1ccccc1)C(Sc1ccccc1N)c1ccccc1F. The predicted octanol–water partition coefficient (Wildman–Crippen LogP) is 4.71. The van der Waals surface area contributed by atoms with Crippen molar-refractivity contribution in [1.29, 1.82) is 0 Å². The number of ether oxygens (including phenoxy) is 2. The first-order chi connectivity index (χ1) is 15.5. The molecule has 3 aromatic rings. The molecule has 0 aromatic heterocycles. The van der Waals surface area contributed by atoms with E-state index in [4.69, 9.17) is 15.2 Å². The summed E-state index contributed by atoms with van der Waals surface area (Å²) in [5.41, 5.74) is 7.54. The number of rotatable bonds is 8. The number of methoxy groups -OCH3 is 1. The zero-order valence-electron chi connectivity index (χ0n) is 17.4. The Labute approximate surface area is 189 Å². The lowest BCUT2D eigenvalue weighted by atomic mass is 10.0. The van der Waals surface area contributed by atoms with Crippen molar-refractivity contribution in [2.75, 3.05) is 12.8 Å². The second-order valence-corrected chi connectivity index (χ2v) is 7.99. The summed E-state index contributed by atoms with van der Waals surface area (Å²) in [4.78, 5) is 25.8. The Morgan fingerprint density at radius 2 is 1.66 bits per heavy atom. The molecule has 2 atom stereocenters. The zero-order chi connectivity index (χ0) is 22.9. The van der Waals surface area contributed by atoms with Gasteiger partial charge in [-0.15, -0.1) is 11.8 Å². The molecular weight excluding hydrogens is 431 g/mol. The van der Waals surface area contributed by atoms with Gasteiger partial charge in [0.25, 0.3) is 0 Å². The fourth-order valence-electron chi connectivity index (χ4n) is 3.02. The molecule has 3 N–H and O–H groups in total. The van der Waals surface area contributed by atoms with Crippen molar-refractivity contribution in [2.45, 2.75) is 22.8 Å². The molecule has 3 aromatic carbocycles. The van der Waals surface area contributed by atoms with Gasteiger partial charge in [0, 0.05) is 16.1 Å². The van der Waals surface area contributed by atoms with Crippen molar-refractivity contribution in [3.63, 3.8) is 0 Å². The molecule has 0 saturated heterocycles. The third-order valence-electron chi connectivity index (χ3n) is 4.63. The van der Waals surface area contributed by atoms with Gasteiger partial charge in [-0.25, -0.2) is 14.0 Å². The molecule has 0 fully saturated rings. The van der Waals surface area contributed by atoms with Gasteiger partial charge in [0.2, 0.25) is 0 Å². The molecule has 0 bridgehead atoms. The monoisotopic (exact) mass is 454 g/mol. The van der Waals surface area contributed by atoms with E-state index in [2.05, 4.69) is 5.32 Å². The second kappa shape index (κ2) is 11.2. The molecule has 0 saturated carbocycles. The largest absolute Gasteiger partial charge is 0.467 e. The van der Waals surface area contributed by atoms with Crippen molar-refractivity contribution < 1.29 is 23.5 Å². The van der Waals surface area contributed by atoms with Crippen molar-refractivity contribution in [3.05, 3.63) is 95.8 Å². The molecule has 0 aliphatic rings. The minimum atomic E-state index is -1.23. The minimum absolute atomic E-state index is 0.0176. The number of nitrogens with one attached hydrogen (secondary N) is 1. The standard InChI is InChI=1S/C24H23FN2O4S/c1-30-23(28)21(27-24(29)31-15-16-9-3-2-4-10-16)22(17-11-5-6-12-18(17)25)32-20-14-8-7-13-19(20)26/h2-14,21-22H,15,26H2,1H3,(H,27,29)/t21-,22?/m0/s1. The minimum Gasteiger partial charge on any atom is -0.467 e. The summed E-state index contributed by atoms with van der Waals surface area (Å²) in [6.45, 7) is 0.0176. The fourth-order valence-corrected chi connectivity index (χ4v) is 4.29. The lowest BCUT2D eigenvalue weighted by Crippen LogP contribution is -2.45. The lowest BCUT2D eigenvalue weighted by molar-refractivity contribution is -0.143. The summed E-state index contributed by atoms with van der Waals surface area (Å²) in [7, 11) is 1.20. The third-order valence-corrected chi connectivity index (χ3v) is 6.03. The highest BCUT2D eigenvalue weighted by molar-refractivity contribution is 7.99. The number of carbonyl (C=O) groups is 2. The fraction of sp³-hybridized carbons (Fsp3) is 0.167. The number of nitrogens with two attached hydrogens (primary N) is 1. The van der Waals surface area contributed by atoms with Crippen LogP contribution in [0.5, 0.6) is 0 Å². The Hall–Kier alpha value is -3.52. The van der Waals surface area contributed by atoms with E-state index < -0.39 is 29.2 Å². The Kier molecular flexibility index (Phi) is 8.10. The summed E-state index contributed by atoms with van der Waals surface area (Å²) in [6, 6.07) is 20.9. The van der Waals surface area contributed by atoms with Crippen LogP contribution in [-0.4, -0.2) is 25.2 Å². The zero-order valence-corrected chi connectivity index (χ0v) is 18.2. The van der Waals surface area contributed by atoms with Gasteiger partial charge in [0.05, 0.1) is 12.4 Å². The average molecular weight is 455 g/mol. The number of hydrogen-bond donors (Lipinski definition) is 2. The topological polar surface area (TPSA) is 90.6 Å². The van der Waals surface area contributed by atoms with E-state index in [1.54, 1.807) is 54.6 Å². The maximum Gasteiger partial charge on any atom is 0.408 e. The lowest BCUT2D eigenvalue weighted by Gasteiger charge is -2.26. The summed E-state index contributed by atoms with van der Waals surface area (Å²) < 4.78 is 24.9. The number of amides is 1. The Morgan fingerprint density at radius 1 is 1.00 bits per heavy atom. The number of carbonyl (C=O) groups excluding carboxylic acids is 2. The van der Waals surface area contributed by atoms with Gasteiger partial charge >= 0.3 is 12.1 Å². The molecule has 1 unspecified atom stereocenters. The predicted molar refractivity (Wildman–Crippen MR) is 121 cm³/mol. The van der Waals surface area contributed by atoms with Crippen molar-refractivity contribution in [2.24, 2.45) is 0 Å². The van der Waals surface area contributed by atoms with Crippen molar-refractivity contribution >= 4 is 29.5 Å². The van der Waals surface area contributed by atoms with E-state index in [9.17, 15) is 14.0 Å². The number of halogens is 1. The van der Waals surface area contributed by atoms with Crippen molar-refractivity contribution in [3.8, 4) is 0 Å². The molecule has 6 nitrogen and oxygen atoms in total. The number of esters is 1. The van der Waals surface area contributed by atoms with E-state index in [1.165, 1.54) is 13.2 Å². The molecule has 0 aliphatic carbocycles. The van der Waals surface area contributed by atoms with E-state index in [0.717, 1.165) is 17.3 Å². The molecule has 0 spiro atoms. The first kappa shape index (κ1) is 23.1. The molecule has 32 heavy (non-hydrogen) atoms. The highest BCUT2D eigenvalue weighted by Gasteiger charge is 2.35.